The van der Waals surface area contributed by atoms with E-state index in [4.69, 9.17) is 4.74 Å². The van der Waals surface area contributed by atoms with Crippen molar-refractivity contribution in [3.8, 4) is 5.75 Å². The number of ether oxygens (including phenoxy) is 1. The summed E-state index contributed by atoms with van der Waals surface area (Å²) in [6.07, 6.45) is 1.80. The number of aliphatic hydroxyl groups is 1. The molecular weight excluding hydrogens is 298 g/mol. The number of aromatic nitrogens is 3. The number of aliphatic hydroxyl groups excluding tert-OH is 1. The lowest BCUT2D eigenvalue weighted by Crippen LogP contribution is -2.01. The van der Waals surface area contributed by atoms with Gasteiger partial charge in [-0.1, -0.05) is 21.1 Å². The minimum atomic E-state index is -0.0594. The second-order valence-electron chi connectivity index (χ2n) is 4.04. The molecule has 0 radical (unpaired) electrons. The molecule has 0 atom stereocenters. The number of aryl methyl sites for hydroxylation is 2. The van der Waals surface area contributed by atoms with Crippen LogP contribution < -0.4 is 4.74 Å². The SMILES string of the molecule is Cc1cc(Br)cc(CO)c1OCc1cn(C)nn1. The van der Waals surface area contributed by atoms with Gasteiger partial charge in [0.1, 0.15) is 18.1 Å². The fourth-order valence-electron chi connectivity index (χ4n) is 1.73. The Bertz CT molecular complexity index is 554. The Morgan fingerprint density at radius 1 is 1.44 bits per heavy atom. The van der Waals surface area contributed by atoms with Gasteiger partial charge in [0, 0.05) is 17.1 Å². The van der Waals surface area contributed by atoms with Gasteiger partial charge in [-0.2, -0.15) is 0 Å². The highest BCUT2D eigenvalue weighted by atomic mass is 79.9. The fraction of sp³-hybridized carbons (Fsp3) is 0.333. The number of halogens is 1. The standard InChI is InChI=1S/C12H14BrN3O2/c1-8-3-10(13)4-9(6-17)12(8)18-7-11-5-16(2)15-14-11/h3-5,17H,6-7H2,1-2H3. The maximum absolute atomic E-state index is 9.34. The van der Waals surface area contributed by atoms with Crippen LogP contribution in [0.25, 0.3) is 0 Å². The molecule has 0 aliphatic heterocycles. The zero-order valence-corrected chi connectivity index (χ0v) is 11.8. The molecule has 0 aliphatic carbocycles. The number of nitrogens with zero attached hydrogens (tertiary/aromatic N) is 3. The van der Waals surface area contributed by atoms with E-state index in [0.717, 1.165) is 21.3 Å². The number of benzene rings is 1. The summed E-state index contributed by atoms with van der Waals surface area (Å²) in [5.41, 5.74) is 2.48. The van der Waals surface area contributed by atoms with Crippen LogP contribution in [-0.4, -0.2) is 20.1 Å². The summed E-state index contributed by atoms with van der Waals surface area (Å²) in [5.74, 6) is 0.700. The van der Waals surface area contributed by atoms with Crippen molar-refractivity contribution < 1.29 is 9.84 Å². The van der Waals surface area contributed by atoms with Gasteiger partial charge in [-0.3, -0.25) is 4.68 Å². The maximum Gasteiger partial charge on any atom is 0.134 e. The summed E-state index contributed by atoms with van der Waals surface area (Å²) >= 11 is 3.39. The average molecular weight is 312 g/mol. The fourth-order valence-corrected chi connectivity index (χ4v) is 2.35. The molecule has 2 aromatic rings. The van der Waals surface area contributed by atoms with Crippen LogP contribution in [0.15, 0.2) is 22.8 Å². The quantitative estimate of drug-likeness (QED) is 0.937. The summed E-state index contributed by atoms with van der Waals surface area (Å²) in [5, 5.41) is 17.1. The molecule has 0 bridgehead atoms. The summed E-state index contributed by atoms with van der Waals surface area (Å²) in [4.78, 5) is 0. The molecule has 1 aromatic carbocycles. The molecule has 0 amide bonds. The van der Waals surface area contributed by atoms with E-state index < -0.39 is 0 Å². The van der Waals surface area contributed by atoms with Crippen molar-refractivity contribution in [2.45, 2.75) is 20.1 Å². The average Bonchev–Trinajstić information content (AvgIpc) is 2.73. The van der Waals surface area contributed by atoms with Crippen LogP contribution in [0.3, 0.4) is 0 Å². The molecule has 0 spiro atoms. The smallest absolute Gasteiger partial charge is 0.134 e. The largest absolute Gasteiger partial charge is 0.487 e. The van der Waals surface area contributed by atoms with Gasteiger partial charge in [0.05, 0.1) is 12.8 Å². The summed E-state index contributed by atoms with van der Waals surface area (Å²) < 4.78 is 8.27. The minimum absolute atomic E-state index is 0.0594. The van der Waals surface area contributed by atoms with E-state index in [1.807, 2.05) is 19.1 Å². The van der Waals surface area contributed by atoms with E-state index >= 15 is 0 Å². The van der Waals surface area contributed by atoms with E-state index in [2.05, 4.69) is 26.2 Å². The van der Waals surface area contributed by atoms with Gasteiger partial charge < -0.3 is 9.84 Å². The Kier molecular flexibility index (Phi) is 3.98. The molecule has 18 heavy (non-hydrogen) atoms. The third-order valence-electron chi connectivity index (χ3n) is 2.50. The van der Waals surface area contributed by atoms with Crippen LogP contribution in [0.1, 0.15) is 16.8 Å². The molecule has 0 unspecified atom stereocenters. The molecular formula is C12H14BrN3O2. The summed E-state index contributed by atoms with van der Waals surface area (Å²) in [6.45, 7) is 2.22. The molecule has 5 nitrogen and oxygen atoms in total. The highest BCUT2D eigenvalue weighted by molar-refractivity contribution is 9.10. The van der Waals surface area contributed by atoms with Crippen molar-refractivity contribution in [1.82, 2.24) is 15.0 Å². The summed E-state index contributed by atoms with van der Waals surface area (Å²) in [7, 11) is 1.81. The van der Waals surface area contributed by atoms with Gasteiger partial charge in [-0.15, -0.1) is 5.10 Å². The van der Waals surface area contributed by atoms with E-state index in [0.29, 0.717) is 12.4 Å². The van der Waals surface area contributed by atoms with E-state index in [-0.39, 0.29) is 6.61 Å². The normalized spacial score (nSPS) is 10.7. The first-order chi connectivity index (χ1) is 8.60. The third-order valence-corrected chi connectivity index (χ3v) is 2.96. The van der Waals surface area contributed by atoms with Crippen LogP contribution in [0.5, 0.6) is 5.75 Å². The minimum Gasteiger partial charge on any atom is -0.487 e. The molecule has 1 aromatic heterocycles. The van der Waals surface area contributed by atoms with Crippen LogP contribution in [0.4, 0.5) is 0 Å². The van der Waals surface area contributed by atoms with Crippen LogP contribution in [-0.2, 0) is 20.3 Å². The monoisotopic (exact) mass is 311 g/mol. The number of hydrogen-bond acceptors (Lipinski definition) is 4. The van der Waals surface area contributed by atoms with Crippen LogP contribution in [0.2, 0.25) is 0 Å². The van der Waals surface area contributed by atoms with Gasteiger partial charge in [0.2, 0.25) is 0 Å². The van der Waals surface area contributed by atoms with Crippen molar-refractivity contribution in [3.05, 3.63) is 39.6 Å². The number of rotatable bonds is 4. The first-order valence-corrected chi connectivity index (χ1v) is 6.27. The molecule has 6 heteroatoms. The van der Waals surface area contributed by atoms with Gasteiger partial charge in [-0.05, 0) is 24.6 Å². The Hall–Kier alpha value is -1.40. The Morgan fingerprint density at radius 2 is 2.22 bits per heavy atom. The zero-order valence-electron chi connectivity index (χ0n) is 10.2. The molecule has 0 fully saturated rings. The van der Waals surface area contributed by atoms with Crippen molar-refractivity contribution in [1.29, 1.82) is 0 Å². The van der Waals surface area contributed by atoms with Crippen LogP contribution >= 0.6 is 15.9 Å². The van der Waals surface area contributed by atoms with Crippen molar-refractivity contribution in [2.75, 3.05) is 0 Å². The molecule has 0 saturated heterocycles. The second-order valence-corrected chi connectivity index (χ2v) is 4.96. The number of hydrogen-bond donors (Lipinski definition) is 1. The molecule has 2 rings (SSSR count). The molecule has 1 heterocycles. The molecule has 0 aliphatic rings. The Morgan fingerprint density at radius 3 is 2.83 bits per heavy atom. The Labute approximate surface area is 114 Å². The van der Waals surface area contributed by atoms with Crippen molar-refractivity contribution in [2.24, 2.45) is 7.05 Å². The molecule has 0 saturated carbocycles. The zero-order chi connectivity index (χ0) is 13.1. The predicted octanol–water partition coefficient (Wildman–Crippen LogP) is 1.96. The van der Waals surface area contributed by atoms with E-state index in [1.165, 1.54) is 0 Å². The van der Waals surface area contributed by atoms with Crippen molar-refractivity contribution >= 4 is 15.9 Å². The Balaban J connectivity index is 2.18. The first-order valence-electron chi connectivity index (χ1n) is 5.48. The predicted molar refractivity (Wildman–Crippen MR) is 70.1 cm³/mol. The van der Waals surface area contributed by atoms with E-state index in [1.54, 1.807) is 17.9 Å². The van der Waals surface area contributed by atoms with Crippen LogP contribution in [0, 0.1) is 6.92 Å². The van der Waals surface area contributed by atoms with Gasteiger partial charge in [0.15, 0.2) is 0 Å². The van der Waals surface area contributed by atoms with Gasteiger partial charge in [0.25, 0.3) is 0 Å². The molecule has 1 N–H and O–H groups in total. The maximum atomic E-state index is 9.34. The topological polar surface area (TPSA) is 60.2 Å². The lowest BCUT2D eigenvalue weighted by molar-refractivity contribution is 0.256. The third kappa shape index (κ3) is 2.88. The van der Waals surface area contributed by atoms with Gasteiger partial charge in [-0.25, -0.2) is 0 Å². The van der Waals surface area contributed by atoms with Crippen molar-refractivity contribution in [3.63, 3.8) is 0 Å². The lowest BCUT2D eigenvalue weighted by Gasteiger charge is -2.12. The first kappa shape index (κ1) is 13.0. The molecule has 96 valence electrons. The second kappa shape index (κ2) is 5.49. The highest BCUT2D eigenvalue weighted by Crippen LogP contribution is 2.28. The lowest BCUT2D eigenvalue weighted by atomic mass is 10.1. The highest BCUT2D eigenvalue weighted by Gasteiger charge is 2.09. The van der Waals surface area contributed by atoms with Gasteiger partial charge >= 0.3 is 0 Å². The summed E-state index contributed by atoms with van der Waals surface area (Å²) in [6, 6.07) is 3.80. The van der Waals surface area contributed by atoms with E-state index in [9.17, 15) is 5.11 Å².